The minimum absolute atomic E-state index is 1.00. The van der Waals surface area contributed by atoms with E-state index in [-0.39, 0.29) is 0 Å². The zero-order valence-electron chi connectivity index (χ0n) is 18.1. The van der Waals surface area contributed by atoms with Gasteiger partial charge in [0.1, 0.15) is 0 Å². The first kappa shape index (κ1) is 20.2. The molecule has 3 heteroatoms. The molecule has 1 aromatic heterocycles. The van der Waals surface area contributed by atoms with Crippen LogP contribution in [0.3, 0.4) is 0 Å². The lowest BCUT2D eigenvalue weighted by Crippen LogP contribution is -2.19. The molecule has 0 amide bonds. The summed E-state index contributed by atoms with van der Waals surface area (Å²) >= 11 is 0. The lowest BCUT2D eigenvalue weighted by Gasteiger charge is -2.22. The van der Waals surface area contributed by atoms with Crippen LogP contribution in [-0.2, 0) is 0 Å². The van der Waals surface area contributed by atoms with Crippen LogP contribution in [0.25, 0.3) is 22.6 Å². The molecule has 1 aliphatic carbocycles. The molecular formula is C27H31N3. The zero-order chi connectivity index (χ0) is 20.9. The summed E-state index contributed by atoms with van der Waals surface area (Å²) in [5.41, 5.74) is 8.52. The Morgan fingerprint density at radius 3 is 2.73 bits per heavy atom. The van der Waals surface area contributed by atoms with Crippen molar-refractivity contribution in [2.75, 3.05) is 18.0 Å². The molecule has 2 heterocycles. The molecule has 0 saturated carbocycles. The van der Waals surface area contributed by atoms with Gasteiger partial charge in [-0.1, -0.05) is 54.7 Å². The fraction of sp³-hybridized carbons (Fsp3) is 0.296. The fourth-order valence-electron chi connectivity index (χ4n) is 4.34. The van der Waals surface area contributed by atoms with Crippen LogP contribution in [0.2, 0.25) is 0 Å². The summed E-state index contributed by atoms with van der Waals surface area (Å²) in [5.74, 6) is 0. The molecule has 0 spiro atoms. The summed E-state index contributed by atoms with van der Waals surface area (Å²) in [6.45, 7) is 10.4. The summed E-state index contributed by atoms with van der Waals surface area (Å²) in [5, 5.41) is 9.06. The average Bonchev–Trinajstić information content (AvgIpc) is 3.42. The molecule has 1 fully saturated rings. The second-order valence-corrected chi connectivity index (χ2v) is 8.23. The van der Waals surface area contributed by atoms with Gasteiger partial charge in [0.2, 0.25) is 0 Å². The van der Waals surface area contributed by atoms with E-state index in [2.05, 4.69) is 90.2 Å². The van der Waals surface area contributed by atoms with E-state index in [4.69, 9.17) is 0 Å². The highest BCUT2D eigenvalue weighted by Gasteiger charge is 2.19. The molecule has 2 aromatic rings. The Hall–Kier alpha value is -3.07. The number of fused-ring (bicyclic) bond motifs is 1. The van der Waals surface area contributed by atoms with Crippen LogP contribution in [0.15, 0.2) is 72.4 Å². The first-order valence-electron chi connectivity index (χ1n) is 10.9. The maximum absolute atomic E-state index is 4.62. The first-order chi connectivity index (χ1) is 14.7. The highest BCUT2D eigenvalue weighted by molar-refractivity contribution is 5.95. The Morgan fingerprint density at radius 1 is 1.17 bits per heavy atom. The van der Waals surface area contributed by atoms with E-state index in [1.807, 2.05) is 6.08 Å². The predicted molar refractivity (Wildman–Crippen MR) is 131 cm³/mol. The first-order valence-corrected chi connectivity index (χ1v) is 10.9. The minimum Gasteiger partial charge on any atom is -0.371 e. The van der Waals surface area contributed by atoms with Gasteiger partial charge < -0.3 is 4.90 Å². The van der Waals surface area contributed by atoms with Crippen molar-refractivity contribution in [1.29, 1.82) is 0 Å². The molecule has 2 aliphatic rings. The Morgan fingerprint density at radius 2 is 2.00 bits per heavy atom. The summed E-state index contributed by atoms with van der Waals surface area (Å²) in [7, 11) is 0. The average molecular weight is 398 g/mol. The van der Waals surface area contributed by atoms with Crippen molar-refractivity contribution in [2.24, 2.45) is 0 Å². The summed E-state index contributed by atoms with van der Waals surface area (Å²) in [6, 6.07) is 4.60. The van der Waals surface area contributed by atoms with Crippen molar-refractivity contribution < 1.29 is 0 Å². The molecule has 1 aliphatic heterocycles. The fourth-order valence-corrected chi connectivity index (χ4v) is 4.34. The molecule has 1 saturated heterocycles. The van der Waals surface area contributed by atoms with Crippen molar-refractivity contribution in [1.82, 2.24) is 10.2 Å². The molecule has 1 N–H and O–H groups in total. The van der Waals surface area contributed by atoms with E-state index in [0.29, 0.717) is 0 Å². The topological polar surface area (TPSA) is 31.9 Å². The summed E-state index contributed by atoms with van der Waals surface area (Å²) in [6.07, 6.45) is 21.8. The number of aromatic nitrogens is 2. The van der Waals surface area contributed by atoms with Gasteiger partial charge in [0.25, 0.3) is 0 Å². The van der Waals surface area contributed by atoms with Crippen molar-refractivity contribution in [3.63, 3.8) is 0 Å². The van der Waals surface area contributed by atoms with E-state index in [1.54, 1.807) is 0 Å². The van der Waals surface area contributed by atoms with Crippen molar-refractivity contribution in [2.45, 2.75) is 39.5 Å². The molecule has 3 nitrogen and oxygen atoms in total. The molecule has 0 bridgehead atoms. The molecule has 30 heavy (non-hydrogen) atoms. The van der Waals surface area contributed by atoms with E-state index >= 15 is 0 Å². The van der Waals surface area contributed by atoms with Crippen LogP contribution in [0.1, 0.15) is 50.8 Å². The second-order valence-electron chi connectivity index (χ2n) is 8.23. The maximum atomic E-state index is 4.62. The number of anilines is 1. The van der Waals surface area contributed by atoms with Crippen LogP contribution in [0.5, 0.6) is 0 Å². The minimum atomic E-state index is 1.00. The standard InChI is InChI=1S/C27H31N3/c1-4-10-20(2)17-21(3)23-18-24-25(14-13-22-11-6-5-7-12-22)28-29-26(24)19-27(23)30-15-8-9-16-30/h4-6,10-11,13-14,17-19H,1,7-9,12,15-16H2,2-3H3,(H,28,29)/b14-13+,20-10-,21-17+. The van der Waals surface area contributed by atoms with Crippen LogP contribution < -0.4 is 4.90 Å². The van der Waals surface area contributed by atoms with Crippen molar-refractivity contribution >= 4 is 28.2 Å². The van der Waals surface area contributed by atoms with Crippen LogP contribution in [0.4, 0.5) is 5.69 Å². The van der Waals surface area contributed by atoms with Gasteiger partial charge in [0, 0.05) is 29.7 Å². The lowest BCUT2D eigenvalue weighted by molar-refractivity contribution is 0.949. The highest BCUT2D eigenvalue weighted by atomic mass is 15.2. The van der Waals surface area contributed by atoms with Gasteiger partial charge in [-0.15, -0.1) is 0 Å². The molecule has 154 valence electrons. The Balaban J connectivity index is 1.78. The largest absolute Gasteiger partial charge is 0.371 e. The second kappa shape index (κ2) is 9.17. The van der Waals surface area contributed by atoms with E-state index < -0.39 is 0 Å². The van der Waals surface area contributed by atoms with Crippen LogP contribution >= 0.6 is 0 Å². The number of nitrogens with zero attached hydrogens (tertiary/aromatic N) is 2. The number of aromatic amines is 1. The summed E-state index contributed by atoms with van der Waals surface area (Å²) in [4.78, 5) is 2.51. The smallest absolute Gasteiger partial charge is 0.0927 e. The maximum Gasteiger partial charge on any atom is 0.0927 e. The number of allylic oxidation sites excluding steroid dienone is 10. The molecule has 1 aromatic carbocycles. The molecule has 0 radical (unpaired) electrons. The monoisotopic (exact) mass is 397 g/mol. The van der Waals surface area contributed by atoms with Crippen molar-refractivity contribution in [3.05, 3.63) is 83.6 Å². The third-order valence-corrected chi connectivity index (χ3v) is 5.91. The third kappa shape index (κ3) is 4.40. The molecule has 0 atom stereocenters. The lowest BCUT2D eigenvalue weighted by atomic mass is 9.98. The van der Waals surface area contributed by atoms with Crippen LogP contribution in [-0.4, -0.2) is 23.3 Å². The number of hydrogen-bond donors (Lipinski definition) is 1. The Labute approximate surface area is 179 Å². The highest BCUT2D eigenvalue weighted by Crippen LogP contribution is 2.35. The van der Waals surface area contributed by atoms with E-state index in [9.17, 15) is 0 Å². The summed E-state index contributed by atoms with van der Waals surface area (Å²) < 4.78 is 0. The Bertz CT molecular complexity index is 1080. The van der Waals surface area contributed by atoms with Crippen molar-refractivity contribution in [3.8, 4) is 0 Å². The SMILES string of the molecule is C=C/C=C(C)\C=C(/C)c1cc2c(/C=C/C3=CC=CCC3)n[nH]c2cc1N1CCCC1. The Kier molecular flexibility index (Phi) is 6.18. The number of nitrogens with one attached hydrogen (secondary N) is 1. The quantitative estimate of drug-likeness (QED) is 0.533. The number of benzene rings is 1. The van der Waals surface area contributed by atoms with Gasteiger partial charge in [0.15, 0.2) is 0 Å². The zero-order valence-corrected chi connectivity index (χ0v) is 18.1. The van der Waals surface area contributed by atoms with Gasteiger partial charge in [0.05, 0.1) is 11.2 Å². The molecule has 4 rings (SSSR count). The number of rotatable bonds is 6. The molecular weight excluding hydrogens is 366 g/mol. The normalized spacial score (nSPS) is 17.9. The number of H-pyrrole nitrogens is 1. The van der Waals surface area contributed by atoms with E-state index in [1.165, 1.54) is 46.2 Å². The van der Waals surface area contributed by atoms with Gasteiger partial charge >= 0.3 is 0 Å². The van der Waals surface area contributed by atoms with Gasteiger partial charge in [-0.05, 0) is 68.9 Å². The third-order valence-electron chi connectivity index (χ3n) is 5.91. The van der Waals surface area contributed by atoms with E-state index in [0.717, 1.165) is 37.1 Å². The van der Waals surface area contributed by atoms with Gasteiger partial charge in [-0.25, -0.2) is 0 Å². The van der Waals surface area contributed by atoms with Crippen LogP contribution in [0, 0.1) is 0 Å². The predicted octanol–water partition coefficient (Wildman–Crippen LogP) is 6.99. The molecule has 0 unspecified atom stereocenters. The number of hydrogen-bond acceptors (Lipinski definition) is 2. The van der Waals surface area contributed by atoms with Gasteiger partial charge in [-0.2, -0.15) is 5.10 Å². The van der Waals surface area contributed by atoms with Gasteiger partial charge in [-0.3, -0.25) is 5.10 Å².